The first-order valence-electron chi connectivity index (χ1n) is 10.4. The van der Waals surface area contributed by atoms with Crippen LogP contribution in [-0.4, -0.2) is 4.57 Å². The van der Waals surface area contributed by atoms with E-state index in [1.807, 2.05) is 0 Å². The van der Waals surface area contributed by atoms with Gasteiger partial charge in [0.2, 0.25) is 0 Å². The molecule has 5 rings (SSSR count). The van der Waals surface area contributed by atoms with Crippen molar-refractivity contribution in [1.29, 1.82) is 0 Å². The minimum absolute atomic E-state index is 0.614. The van der Waals surface area contributed by atoms with Crippen LogP contribution >= 0.6 is 15.9 Å². The zero-order chi connectivity index (χ0) is 19.3. The molecule has 0 radical (unpaired) electrons. The van der Waals surface area contributed by atoms with Crippen LogP contribution in [0.3, 0.4) is 0 Å². The van der Waals surface area contributed by atoms with Crippen molar-refractivity contribution in [1.82, 2.24) is 4.57 Å². The number of hydrogen-bond donors (Lipinski definition) is 0. The monoisotopic (exact) mass is 431 g/mol. The molecular weight excluding hydrogens is 406 g/mol. The van der Waals surface area contributed by atoms with Crippen LogP contribution in [0, 0.1) is 11.8 Å². The number of rotatable bonds is 3. The van der Waals surface area contributed by atoms with E-state index in [9.17, 15) is 0 Å². The van der Waals surface area contributed by atoms with Crippen molar-refractivity contribution in [2.75, 3.05) is 0 Å². The SMILES string of the molecule is CC1CCC(C(C)c2ccc3c4ccc(Br)cc4n(-c4ccccc4)c3c2)C1. The zero-order valence-corrected chi connectivity index (χ0v) is 18.1. The van der Waals surface area contributed by atoms with Gasteiger partial charge in [0.15, 0.2) is 0 Å². The average Bonchev–Trinajstić information content (AvgIpc) is 3.28. The molecule has 1 aromatic heterocycles. The van der Waals surface area contributed by atoms with Crippen LogP contribution in [0.1, 0.15) is 44.6 Å². The molecule has 142 valence electrons. The minimum Gasteiger partial charge on any atom is -0.309 e. The van der Waals surface area contributed by atoms with Gasteiger partial charge in [-0.15, -0.1) is 0 Å². The average molecular weight is 432 g/mol. The normalized spacial score (nSPS) is 20.8. The number of halogens is 1. The van der Waals surface area contributed by atoms with Crippen molar-refractivity contribution in [3.8, 4) is 5.69 Å². The second-order valence-electron chi connectivity index (χ2n) is 8.58. The molecule has 28 heavy (non-hydrogen) atoms. The number of hydrogen-bond acceptors (Lipinski definition) is 0. The molecule has 0 aliphatic heterocycles. The van der Waals surface area contributed by atoms with E-state index in [0.29, 0.717) is 5.92 Å². The predicted molar refractivity (Wildman–Crippen MR) is 123 cm³/mol. The number of fused-ring (bicyclic) bond motifs is 3. The van der Waals surface area contributed by atoms with Gasteiger partial charge in [-0.2, -0.15) is 0 Å². The highest BCUT2D eigenvalue weighted by Crippen LogP contribution is 2.42. The maximum Gasteiger partial charge on any atom is 0.0552 e. The highest BCUT2D eigenvalue weighted by atomic mass is 79.9. The maximum atomic E-state index is 3.67. The van der Waals surface area contributed by atoms with E-state index >= 15 is 0 Å². The van der Waals surface area contributed by atoms with Crippen molar-refractivity contribution in [2.24, 2.45) is 11.8 Å². The quantitative estimate of drug-likeness (QED) is 0.308. The summed E-state index contributed by atoms with van der Waals surface area (Å²) in [6.07, 6.45) is 4.12. The molecule has 0 bridgehead atoms. The van der Waals surface area contributed by atoms with Crippen molar-refractivity contribution >= 4 is 37.7 Å². The van der Waals surface area contributed by atoms with Crippen LogP contribution in [0.5, 0.6) is 0 Å². The number of para-hydroxylation sites is 1. The van der Waals surface area contributed by atoms with Crippen LogP contribution in [0.4, 0.5) is 0 Å². The Balaban J connectivity index is 1.73. The van der Waals surface area contributed by atoms with Gasteiger partial charge >= 0.3 is 0 Å². The predicted octanol–water partition coefficient (Wildman–Crippen LogP) is 8.09. The van der Waals surface area contributed by atoms with Crippen LogP contribution < -0.4 is 0 Å². The molecule has 2 heteroatoms. The van der Waals surface area contributed by atoms with Gasteiger partial charge in [-0.3, -0.25) is 0 Å². The molecule has 0 saturated heterocycles. The number of aromatic nitrogens is 1. The molecule has 0 spiro atoms. The summed E-state index contributed by atoms with van der Waals surface area (Å²) in [5, 5.41) is 2.65. The van der Waals surface area contributed by atoms with E-state index < -0.39 is 0 Å². The van der Waals surface area contributed by atoms with Crippen molar-refractivity contribution < 1.29 is 0 Å². The molecule has 1 nitrogen and oxygen atoms in total. The van der Waals surface area contributed by atoms with Crippen LogP contribution in [0.15, 0.2) is 71.2 Å². The summed E-state index contributed by atoms with van der Waals surface area (Å²) >= 11 is 3.67. The van der Waals surface area contributed by atoms with Gasteiger partial charge in [-0.05, 0) is 66.5 Å². The van der Waals surface area contributed by atoms with Gasteiger partial charge in [-0.1, -0.05) is 72.6 Å². The molecule has 1 heterocycles. The highest BCUT2D eigenvalue weighted by molar-refractivity contribution is 9.10. The molecule has 3 unspecified atom stereocenters. The van der Waals surface area contributed by atoms with Crippen LogP contribution in [-0.2, 0) is 0 Å². The number of nitrogens with zero attached hydrogens (tertiary/aromatic N) is 1. The molecule has 1 aliphatic rings. The van der Waals surface area contributed by atoms with E-state index in [4.69, 9.17) is 0 Å². The van der Waals surface area contributed by atoms with E-state index in [1.54, 1.807) is 0 Å². The van der Waals surface area contributed by atoms with E-state index in [1.165, 1.54) is 52.3 Å². The summed E-state index contributed by atoms with van der Waals surface area (Å²) < 4.78 is 3.54. The van der Waals surface area contributed by atoms with E-state index in [-0.39, 0.29) is 0 Å². The lowest BCUT2D eigenvalue weighted by molar-refractivity contribution is 0.443. The molecule has 1 fully saturated rings. The first-order valence-corrected chi connectivity index (χ1v) is 11.2. The van der Waals surface area contributed by atoms with Crippen molar-refractivity contribution in [2.45, 2.75) is 39.0 Å². The van der Waals surface area contributed by atoms with Gasteiger partial charge in [0.1, 0.15) is 0 Å². The van der Waals surface area contributed by atoms with Crippen molar-refractivity contribution in [3.63, 3.8) is 0 Å². The summed E-state index contributed by atoms with van der Waals surface area (Å²) in [6, 6.07) is 24.5. The summed E-state index contributed by atoms with van der Waals surface area (Å²) in [4.78, 5) is 0. The molecule has 3 atom stereocenters. The van der Waals surface area contributed by atoms with Gasteiger partial charge < -0.3 is 4.57 Å². The Labute approximate surface area is 175 Å². The third-order valence-electron chi connectivity index (χ3n) is 6.74. The fourth-order valence-corrected chi connectivity index (χ4v) is 5.47. The third kappa shape index (κ3) is 2.99. The maximum absolute atomic E-state index is 3.67. The third-order valence-corrected chi connectivity index (χ3v) is 7.23. The summed E-state index contributed by atoms with van der Waals surface area (Å²) in [5.74, 6) is 2.31. The van der Waals surface area contributed by atoms with Crippen LogP contribution in [0.25, 0.3) is 27.5 Å². The molecule has 1 saturated carbocycles. The molecule has 1 aliphatic carbocycles. The largest absolute Gasteiger partial charge is 0.309 e. The molecule has 3 aromatic carbocycles. The first-order chi connectivity index (χ1) is 13.6. The molecule has 0 amide bonds. The fraction of sp³-hybridized carbons (Fsp3) is 0.308. The Morgan fingerprint density at radius 2 is 1.61 bits per heavy atom. The number of benzene rings is 3. The lowest BCUT2D eigenvalue weighted by Gasteiger charge is -2.20. The second-order valence-corrected chi connectivity index (χ2v) is 9.49. The Hall–Kier alpha value is -2.06. The Morgan fingerprint density at radius 1 is 0.893 bits per heavy atom. The Kier molecular flexibility index (Phi) is 4.55. The first kappa shape index (κ1) is 18.0. The smallest absolute Gasteiger partial charge is 0.0552 e. The molecular formula is C26H26BrN. The summed E-state index contributed by atoms with van der Waals surface area (Å²) in [6.45, 7) is 4.83. The highest BCUT2D eigenvalue weighted by Gasteiger charge is 2.27. The fourth-order valence-electron chi connectivity index (χ4n) is 5.12. The van der Waals surface area contributed by atoms with E-state index in [0.717, 1.165) is 16.3 Å². The topological polar surface area (TPSA) is 4.93 Å². The lowest BCUT2D eigenvalue weighted by atomic mass is 9.85. The van der Waals surface area contributed by atoms with Gasteiger partial charge in [0, 0.05) is 20.9 Å². The molecule has 0 N–H and O–H groups in total. The molecule has 4 aromatic rings. The van der Waals surface area contributed by atoms with E-state index in [2.05, 4.69) is 101 Å². The minimum atomic E-state index is 0.614. The van der Waals surface area contributed by atoms with Gasteiger partial charge in [0.05, 0.1) is 11.0 Å². The van der Waals surface area contributed by atoms with Gasteiger partial charge in [-0.25, -0.2) is 0 Å². The second kappa shape index (κ2) is 7.08. The Morgan fingerprint density at radius 3 is 2.32 bits per heavy atom. The summed E-state index contributed by atoms with van der Waals surface area (Å²) in [7, 11) is 0. The Bertz CT molecular complexity index is 1140. The van der Waals surface area contributed by atoms with Crippen molar-refractivity contribution in [3.05, 3.63) is 76.8 Å². The lowest BCUT2D eigenvalue weighted by Crippen LogP contribution is -2.06. The summed E-state index contributed by atoms with van der Waals surface area (Å²) in [5.41, 5.74) is 5.27. The van der Waals surface area contributed by atoms with Crippen LogP contribution in [0.2, 0.25) is 0 Å². The zero-order valence-electron chi connectivity index (χ0n) is 16.5. The standard InChI is InChI=1S/C26H26BrN/c1-17-8-9-19(14-17)18(2)20-10-12-23-24-13-11-21(27)16-26(24)28(25(23)15-20)22-6-4-3-5-7-22/h3-7,10-13,15-19H,8-9,14H2,1-2H3. The van der Waals surface area contributed by atoms with Gasteiger partial charge in [0.25, 0.3) is 0 Å².